The van der Waals surface area contributed by atoms with Crippen molar-refractivity contribution >= 4 is 17.3 Å². The summed E-state index contributed by atoms with van der Waals surface area (Å²) in [4.78, 5) is 12.2. The molecule has 8 heteroatoms. The fourth-order valence-corrected chi connectivity index (χ4v) is 2.25. The van der Waals surface area contributed by atoms with E-state index in [9.17, 15) is 8.78 Å². The average Bonchev–Trinajstić information content (AvgIpc) is 2.92. The Morgan fingerprint density at radius 3 is 2.67 bits per heavy atom. The van der Waals surface area contributed by atoms with Gasteiger partial charge in [0.25, 0.3) is 0 Å². The normalized spacial score (nSPS) is 12.0. The van der Waals surface area contributed by atoms with Gasteiger partial charge in [-0.15, -0.1) is 0 Å². The van der Waals surface area contributed by atoms with Crippen LogP contribution in [0.1, 0.15) is 18.7 Å². The molecule has 6 nitrogen and oxygen atoms in total. The molecule has 0 aliphatic rings. The third-order valence-corrected chi connectivity index (χ3v) is 3.35. The number of hydrogen-bond donors (Lipinski definition) is 2. The van der Waals surface area contributed by atoms with E-state index in [1.165, 1.54) is 0 Å². The maximum absolute atomic E-state index is 13.8. The molecule has 3 heterocycles. The molecule has 24 heavy (non-hydrogen) atoms. The lowest BCUT2D eigenvalue weighted by molar-refractivity contribution is 0.550. The Bertz CT molecular complexity index is 848. The molecule has 0 saturated heterocycles. The van der Waals surface area contributed by atoms with Gasteiger partial charge >= 0.3 is 0 Å². The Hall–Kier alpha value is -3.03. The Morgan fingerprint density at radius 2 is 1.96 bits per heavy atom. The van der Waals surface area contributed by atoms with Crippen LogP contribution in [0.25, 0.3) is 0 Å². The Labute approximate surface area is 137 Å². The third-order valence-electron chi connectivity index (χ3n) is 3.35. The van der Waals surface area contributed by atoms with Crippen molar-refractivity contribution in [1.29, 1.82) is 0 Å². The van der Waals surface area contributed by atoms with Crippen LogP contribution in [0.3, 0.4) is 0 Å². The van der Waals surface area contributed by atoms with Gasteiger partial charge in [-0.05, 0) is 13.0 Å². The van der Waals surface area contributed by atoms with Crippen molar-refractivity contribution in [3.05, 3.63) is 60.4 Å². The third kappa shape index (κ3) is 3.65. The van der Waals surface area contributed by atoms with Crippen molar-refractivity contribution in [2.45, 2.75) is 13.0 Å². The van der Waals surface area contributed by atoms with E-state index >= 15 is 0 Å². The van der Waals surface area contributed by atoms with E-state index in [0.717, 1.165) is 18.0 Å². The highest BCUT2D eigenvalue weighted by atomic mass is 19.1. The van der Waals surface area contributed by atoms with Gasteiger partial charge in [-0.1, -0.05) is 0 Å². The van der Waals surface area contributed by atoms with Crippen LogP contribution in [0.15, 0.2) is 43.1 Å². The molecular formula is C16H16F2N6. The number of anilines is 3. The molecule has 3 rings (SSSR count). The molecule has 1 atom stereocenters. The molecule has 0 aromatic carbocycles. The summed E-state index contributed by atoms with van der Waals surface area (Å²) in [5.41, 5.74) is 0.909. The lowest BCUT2D eigenvalue weighted by Gasteiger charge is -2.15. The zero-order valence-corrected chi connectivity index (χ0v) is 13.2. The number of aryl methyl sites for hydroxylation is 1. The van der Waals surface area contributed by atoms with E-state index in [0.29, 0.717) is 11.6 Å². The van der Waals surface area contributed by atoms with E-state index in [-0.39, 0.29) is 5.69 Å². The molecule has 3 aromatic heterocycles. The highest BCUT2D eigenvalue weighted by molar-refractivity contribution is 5.59. The predicted octanol–water partition coefficient (Wildman–Crippen LogP) is 3.41. The number of hydrogen-bond acceptors (Lipinski definition) is 5. The molecule has 0 amide bonds. The fourth-order valence-electron chi connectivity index (χ4n) is 2.25. The minimum atomic E-state index is -0.705. The highest BCUT2D eigenvalue weighted by Gasteiger charge is 2.14. The molecule has 0 aliphatic carbocycles. The number of imidazole rings is 1. The van der Waals surface area contributed by atoms with Crippen molar-refractivity contribution in [1.82, 2.24) is 19.5 Å². The number of aromatic nitrogens is 4. The second kappa shape index (κ2) is 6.61. The second-order valence-corrected chi connectivity index (χ2v) is 5.37. The zero-order chi connectivity index (χ0) is 17.1. The van der Waals surface area contributed by atoms with Crippen LogP contribution in [0.5, 0.6) is 0 Å². The van der Waals surface area contributed by atoms with Crippen LogP contribution in [-0.4, -0.2) is 19.5 Å². The summed E-state index contributed by atoms with van der Waals surface area (Å²) in [5.74, 6) is -0.163. The number of nitrogens with one attached hydrogen (secondary N) is 2. The lowest BCUT2D eigenvalue weighted by Crippen LogP contribution is -2.12. The van der Waals surface area contributed by atoms with Crippen LogP contribution in [-0.2, 0) is 7.05 Å². The SMILES string of the molecule is CC(Nc1cc(Nc2cn(C)cn2)ccn1)c1ncc(F)cc1F. The van der Waals surface area contributed by atoms with E-state index in [1.807, 2.05) is 17.8 Å². The first-order valence-electron chi connectivity index (χ1n) is 7.30. The van der Waals surface area contributed by atoms with Gasteiger partial charge in [-0.3, -0.25) is 4.98 Å². The van der Waals surface area contributed by atoms with Crippen LogP contribution < -0.4 is 10.6 Å². The van der Waals surface area contributed by atoms with Gasteiger partial charge in [0.2, 0.25) is 0 Å². The van der Waals surface area contributed by atoms with E-state index in [4.69, 9.17) is 0 Å². The molecule has 0 radical (unpaired) electrons. The maximum Gasteiger partial charge on any atom is 0.149 e. The molecule has 3 aromatic rings. The molecule has 0 aliphatic heterocycles. The van der Waals surface area contributed by atoms with Crippen molar-refractivity contribution in [2.75, 3.05) is 10.6 Å². The van der Waals surface area contributed by atoms with Gasteiger partial charge in [0, 0.05) is 37.3 Å². The summed E-state index contributed by atoms with van der Waals surface area (Å²) >= 11 is 0. The molecule has 1 unspecified atom stereocenters. The highest BCUT2D eigenvalue weighted by Crippen LogP contribution is 2.22. The van der Waals surface area contributed by atoms with Crippen molar-refractivity contribution in [3.63, 3.8) is 0 Å². The predicted molar refractivity (Wildman–Crippen MR) is 86.9 cm³/mol. The van der Waals surface area contributed by atoms with Crippen molar-refractivity contribution in [3.8, 4) is 0 Å². The van der Waals surface area contributed by atoms with E-state index in [1.54, 1.807) is 31.6 Å². The summed E-state index contributed by atoms with van der Waals surface area (Å²) in [7, 11) is 1.88. The maximum atomic E-state index is 13.8. The van der Waals surface area contributed by atoms with Crippen LogP contribution in [0, 0.1) is 11.6 Å². The van der Waals surface area contributed by atoms with Crippen LogP contribution >= 0.6 is 0 Å². The number of nitrogens with zero attached hydrogens (tertiary/aromatic N) is 4. The smallest absolute Gasteiger partial charge is 0.149 e. The van der Waals surface area contributed by atoms with E-state index in [2.05, 4.69) is 25.6 Å². The van der Waals surface area contributed by atoms with E-state index < -0.39 is 17.7 Å². The molecule has 0 spiro atoms. The second-order valence-electron chi connectivity index (χ2n) is 5.37. The Morgan fingerprint density at radius 1 is 1.12 bits per heavy atom. The largest absolute Gasteiger partial charge is 0.362 e. The first-order chi connectivity index (χ1) is 11.5. The molecule has 0 bridgehead atoms. The monoisotopic (exact) mass is 330 g/mol. The van der Waals surface area contributed by atoms with Gasteiger partial charge in [0.15, 0.2) is 0 Å². The van der Waals surface area contributed by atoms with Gasteiger partial charge in [-0.25, -0.2) is 18.7 Å². The Kier molecular flexibility index (Phi) is 4.37. The molecule has 0 saturated carbocycles. The van der Waals surface area contributed by atoms with Gasteiger partial charge in [0.05, 0.1) is 24.3 Å². The minimum absolute atomic E-state index is 0.126. The standard InChI is InChI=1S/C16H16F2N6/c1-10(16-13(18)5-11(17)7-20-16)22-14-6-12(3-4-19-14)23-15-8-24(2)9-21-15/h3-10H,1-2H3,(H2,19,22,23). The van der Waals surface area contributed by atoms with Gasteiger partial charge in [-0.2, -0.15) is 0 Å². The summed E-state index contributed by atoms with van der Waals surface area (Å²) in [6.45, 7) is 1.73. The van der Waals surface area contributed by atoms with Crippen molar-refractivity contribution < 1.29 is 8.78 Å². The lowest BCUT2D eigenvalue weighted by atomic mass is 10.2. The number of rotatable bonds is 5. The zero-order valence-electron chi connectivity index (χ0n) is 13.2. The summed E-state index contributed by atoms with van der Waals surface area (Å²) < 4.78 is 28.6. The summed E-state index contributed by atoms with van der Waals surface area (Å²) in [6.07, 6.45) is 6.14. The fraction of sp³-hybridized carbons (Fsp3) is 0.188. The van der Waals surface area contributed by atoms with Crippen LogP contribution in [0.4, 0.5) is 26.1 Å². The first kappa shape index (κ1) is 15.9. The van der Waals surface area contributed by atoms with Gasteiger partial charge in [0.1, 0.15) is 23.3 Å². The van der Waals surface area contributed by atoms with Crippen LogP contribution in [0.2, 0.25) is 0 Å². The first-order valence-corrected chi connectivity index (χ1v) is 7.30. The molecule has 2 N–H and O–H groups in total. The Balaban J connectivity index is 1.74. The number of pyridine rings is 2. The molecule has 0 fully saturated rings. The average molecular weight is 330 g/mol. The summed E-state index contributed by atoms with van der Waals surface area (Å²) in [5, 5.41) is 6.19. The quantitative estimate of drug-likeness (QED) is 0.750. The molecular weight excluding hydrogens is 314 g/mol. The van der Waals surface area contributed by atoms with Gasteiger partial charge < -0.3 is 15.2 Å². The molecule has 124 valence electrons. The topological polar surface area (TPSA) is 67.7 Å². The minimum Gasteiger partial charge on any atom is -0.362 e. The van der Waals surface area contributed by atoms with Crippen molar-refractivity contribution in [2.24, 2.45) is 7.05 Å². The number of halogens is 2. The summed E-state index contributed by atoms with van der Waals surface area (Å²) in [6, 6.07) is 3.91.